The summed E-state index contributed by atoms with van der Waals surface area (Å²) in [5.41, 5.74) is 3.93. The van der Waals surface area contributed by atoms with Gasteiger partial charge in [-0.25, -0.2) is 19.3 Å². The highest BCUT2D eigenvalue weighted by Crippen LogP contribution is 2.35. The molecule has 39 heavy (non-hydrogen) atoms. The molecule has 1 aromatic carbocycles. The Bertz CT molecular complexity index is 1670. The average molecular weight is 525 g/mol. The minimum absolute atomic E-state index is 0.0417. The zero-order valence-electron chi connectivity index (χ0n) is 22.5. The lowest BCUT2D eigenvalue weighted by Crippen LogP contribution is -2.44. The predicted octanol–water partition coefficient (Wildman–Crippen LogP) is 2.57. The van der Waals surface area contributed by atoms with Gasteiger partial charge in [-0.2, -0.15) is 4.98 Å². The van der Waals surface area contributed by atoms with E-state index in [0.717, 1.165) is 49.4 Å². The van der Waals surface area contributed by atoms with Crippen LogP contribution in [0.1, 0.15) is 30.2 Å². The lowest BCUT2D eigenvalue weighted by molar-refractivity contribution is 0.0553. The Morgan fingerprint density at radius 1 is 1.15 bits per heavy atom. The summed E-state index contributed by atoms with van der Waals surface area (Å²) in [5.74, 6) is 3.38. The first kappa shape index (κ1) is 25.1. The number of hydrogen-bond donors (Lipinski definition) is 2. The summed E-state index contributed by atoms with van der Waals surface area (Å²) in [7, 11) is 2.15. The van der Waals surface area contributed by atoms with Crippen LogP contribution >= 0.6 is 0 Å². The molecule has 0 spiro atoms. The minimum atomic E-state index is -1.03. The summed E-state index contributed by atoms with van der Waals surface area (Å²) in [6.45, 7) is 8.01. The molecule has 2 aliphatic rings. The molecule has 0 radical (unpaired) electrons. The lowest BCUT2D eigenvalue weighted by Gasteiger charge is -2.35. The second-order valence-electron chi connectivity index (χ2n) is 10.7. The van der Waals surface area contributed by atoms with Crippen molar-refractivity contribution in [1.82, 2.24) is 29.2 Å². The molecule has 3 aromatic heterocycles. The van der Waals surface area contributed by atoms with Crippen molar-refractivity contribution in [2.45, 2.75) is 38.8 Å². The third-order valence-electron chi connectivity index (χ3n) is 7.79. The summed E-state index contributed by atoms with van der Waals surface area (Å²) in [5, 5.41) is 14.5. The fourth-order valence-corrected chi connectivity index (χ4v) is 5.58. The maximum atomic E-state index is 13.3. The molecule has 1 saturated heterocycles. The van der Waals surface area contributed by atoms with E-state index in [4.69, 9.17) is 16.4 Å². The molecule has 6 rings (SSSR count). The Kier molecular flexibility index (Phi) is 6.13. The Balaban J connectivity index is 1.38. The molecule has 10 nitrogen and oxygen atoms in total. The molecule has 1 atom stereocenters. The van der Waals surface area contributed by atoms with Gasteiger partial charge in [-0.3, -0.25) is 4.79 Å². The standard InChI is InChI=1S/C29H32N8O2/c1-5-12-36-27(38)22-18-30-28(31-21-7-8-23(19(2)17-21)35-15-13-34(4)14-16-35)33-26(22)37(36)24-9-6-20-10-11-29(3,39)25(20)32-24/h1,6-9,17-18,39H,10-16H2,2-4H3,(H,30,31,33)/t29-/m0/s1. The molecule has 1 fully saturated rings. The van der Waals surface area contributed by atoms with Gasteiger partial charge in [-0.05, 0) is 69.1 Å². The average Bonchev–Trinajstić information content (AvgIpc) is 3.37. The van der Waals surface area contributed by atoms with Gasteiger partial charge in [-0.1, -0.05) is 12.0 Å². The first-order valence-corrected chi connectivity index (χ1v) is 13.2. The number of rotatable bonds is 5. The zero-order valence-corrected chi connectivity index (χ0v) is 22.5. The quantitative estimate of drug-likeness (QED) is 0.384. The zero-order chi connectivity index (χ0) is 27.3. The van der Waals surface area contributed by atoms with E-state index in [1.54, 1.807) is 11.6 Å². The van der Waals surface area contributed by atoms with Gasteiger partial charge in [0.15, 0.2) is 11.5 Å². The highest BCUT2D eigenvalue weighted by atomic mass is 16.3. The van der Waals surface area contributed by atoms with Crippen LogP contribution in [0.5, 0.6) is 0 Å². The number of nitrogens with one attached hydrogen (secondary N) is 1. The second kappa shape index (κ2) is 9.52. The fourth-order valence-electron chi connectivity index (χ4n) is 5.58. The van der Waals surface area contributed by atoms with Gasteiger partial charge in [0, 0.05) is 43.8 Å². The van der Waals surface area contributed by atoms with Crippen molar-refractivity contribution in [2.75, 3.05) is 43.4 Å². The third kappa shape index (κ3) is 4.43. The van der Waals surface area contributed by atoms with Gasteiger partial charge >= 0.3 is 0 Å². The van der Waals surface area contributed by atoms with Gasteiger partial charge in [0.1, 0.15) is 17.5 Å². The van der Waals surface area contributed by atoms with Crippen LogP contribution in [0.3, 0.4) is 0 Å². The van der Waals surface area contributed by atoms with Crippen molar-refractivity contribution in [3.8, 4) is 18.2 Å². The van der Waals surface area contributed by atoms with Gasteiger partial charge in [0.25, 0.3) is 5.56 Å². The summed E-state index contributed by atoms with van der Waals surface area (Å²) in [6.07, 6.45) is 8.49. The Morgan fingerprint density at radius 2 is 1.95 bits per heavy atom. The van der Waals surface area contributed by atoms with Gasteiger partial charge < -0.3 is 20.2 Å². The molecule has 200 valence electrons. The number of anilines is 3. The van der Waals surface area contributed by atoms with Crippen LogP contribution < -0.4 is 15.8 Å². The Hall–Kier alpha value is -4.20. The molecule has 2 N–H and O–H groups in total. The maximum Gasteiger partial charge on any atom is 0.279 e. The first-order valence-electron chi connectivity index (χ1n) is 13.2. The van der Waals surface area contributed by atoms with Crippen molar-refractivity contribution in [2.24, 2.45) is 0 Å². The number of nitrogens with zero attached hydrogens (tertiary/aromatic N) is 7. The van der Waals surface area contributed by atoms with Crippen molar-refractivity contribution in [3.63, 3.8) is 0 Å². The SMILES string of the molecule is C#CCn1c(=O)c2cnc(Nc3ccc(N4CCN(C)CC4)c(C)c3)nc2n1-c1ccc2c(n1)[C@@](C)(O)CC2. The number of aliphatic hydroxyl groups is 1. The van der Waals surface area contributed by atoms with Crippen molar-refractivity contribution in [1.29, 1.82) is 0 Å². The third-order valence-corrected chi connectivity index (χ3v) is 7.79. The van der Waals surface area contributed by atoms with Crippen LogP contribution in [0.2, 0.25) is 0 Å². The summed E-state index contributed by atoms with van der Waals surface area (Å²) >= 11 is 0. The van der Waals surface area contributed by atoms with E-state index in [1.807, 2.05) is 18.2 Å². The molecule has 0 amide bonds. The highest BCUT2D eigenvalue weighted by molar-refractivity contribution is 5.77. The van der Waals surface area contributed by atoms with Crippen LogP contribution in [0.25, 0.3) is 16.9 Å². The van der Waals surface area contributed by atoms with E-state index in [2.05, 4.69) is 52.1 Å². The topological polar surface area (TPSA) is 104 Å². The highest BCUT2D eigenvalue weighted by Gasteiger charge is 2.34. The van der Waals surface area contributed by atoms with Crippen LogP contribution in [0.15, 0.2) is 41.3 Å². The van der Waals surface area contributed by atoms with Crippen molar-refractivity contribution >= 4 is 28.4 Å². The van der Waals surface area contributed by atoms with E-state index in [0.29, 0.717) is 34.9 Å². The molecule has 0 unspecified atom stereocenters. The van der Waals surface area contributed by atoms with Crippen LogP contribution in [-0.4, -0.2) is 67.5 Å². The van der Waals surface area contributed by atoms with Gasteiger partial charge in [0.2, 0.25) is 5.95 Å². The maximum absolute atomic E-state index is 13.3. The number of piperazine rings is 1. The van der Waals surface area contributed by atoms with Crippen LogP contribution in [-0.2, 0) is 18.6 Å². The first-order chi connectivity index (χ1) is 18.7. The second-order valence-corrected chi connectivity index (χ2v) is 10.7. The normalized spacial score (nSPS) is 19.3. The van der Waals surface area contributed by atoms with E-state index in [9.17, 15) is 9.90 Å². The van der Waals surface area contributed by atoms with E-state index in [1.165, 1.54) is 16.6 Å². The Labute approximate surface area is 226 Å². The molecule has 4 heterocycles. The smallest absolute Gasteiger partial charge is 0.279 e. The van der Waals surface area contributed by atoms with E-state index < -0.39 is 5.60 Å². The summed E-state index contributed by atoms with van der Waals surface area (Å²) in [6, 6.07) is 10.0. The number of benzene rings is 1. The lowest BCUT2D eigenvalue weighted by atomic mass is 10.0. The van der Waals surface area contributed by atoms with E-state index in [-0.39, 0.29) is 12.1 Å². The number of terminal acetylenes is 1. The van der Waals surface area contributed by atoms with Crippen molar-refractivity contribution < 1.29 is 5.11 Å². The molecular formula is C29H32N8O2. The molecule has 4 aromatic rings. The number of fused-ring (bicyclic) bond motifs is 2. The number of hydrogen-bond acceptors (Lipinski definition) is 8. The Morgan fingerprint density at radius 3 is 2.69 bits per heavy atom. The molecule has 0 bridgehead atoms. The molecule has 0 saturated carbocycles. The molecule has 1 aliphatic heterocycles. The number of aromatic nitrogens is 5. The van der Waals surface area contributed by atoms with Crippen LogP contribution in [0.4, 0.5) is 17.3 Å². The molecule has 1 aliphatic carbocycles. The molecule has 10 heteroatoms. The largest absolute Gasteiger partial charge is 0.384 e. The van der Waals surface area contributed by atoms with Gasteiger partial charge in [-0.15, -0.1) is 6.42 Å². The van der Waals surface area contributed by atoms with Gasteiger partial charge in [0.05, 0.1) is 5.69 Å². The van der Waals surface area contributed by atoms with Crippen LogP contribution in [0, 0.1) is 19.3 Å². The number of pyridine rings is 1. The number of likely N-dealkylation sites (N-methyl/N-ethyl adjacent to an activating group) is 1. The number of aryl methyl sites for hydroxylation is 2. The van der Waals surface area contributed by atoms with E-state index >= 15 is 0 Å². The monoisotopic (exact) mass is 524 g/mol. The summed E-state index contributed by atoms with van der Waals surface area (Å²) in [4.78, 5) is 31.9. The minimum Gasteiger partial charge on any atom is -0.384 e. The summed E-state index contributed by atoms with van der Waals surface area (Å²) < 4.78 is 3.05. The van der Waals surface area contributed by atoms with Crippen molar-refractivity contribution in [3.05, 3.63) is 63.7 Å². The fraction of sp³-hybridized carbons (Fsp3) is 0.379. The molecular weight excluding hydrogens is 492 g/mol. The predicted molar refractivity (Wildman–Crippen MR) is 152 cm³/mol.